The number of piperidine rings is 1. The summed E-state index contributed by atoms with van der Waals surface area (Å²) in [4.78, 5) is 12.1. The van der Waals surface area contributed by atoms with E-state index in [0.29, 0.717) is 31.4 Å². The minimum absolute atomic E-state index is 0.0689. The first kappa shape index (κ1) is 16.0. The molecule has 1 aliphatic heterocycles. The molecule has 1 amide bonds. The zero-order chi connectivity index (χ0) is 15.1. The number of ether oxygens (including phenoxy) is 1. The van der Waals surface area contributed by atoms with Crippen LogP contribution in [-0.4, -0.2) is 42.5 Å². The summed E-state index contributed by atoms with van der Waals surface area (Å²) in [7, 11) is 1.66. The molecule has 2 unspecified atom stereocenters. The monoisotopic (exact) mass is 294 g/mol. The Labute approximate surface area is 126 Å². The predicted octanol–water partition coefficient (Wildman–Crippen LogP) is 1.49. The molecule has 118 valence electrons. The van der Waals surface area contributed by atoms with Crippen LogP contribution in [0.1, 0.15) is 26.2 Å². The molecule has 1 saturated heterocycles. The van der Waals surface area contributed by atoms with Crippen molar-refractivity contribution in [3.8, 4) is 0 Å². The highest BCUT2D eigenvalue weighted by molar-refractivity contribution is 5.90. The van der Waals surface area contributed by atoms with Crippen molar-refractivity contribution in [1.29, 1.82) is 0 Å². The fourth-order valence-electron chi connectivity index (χ4n) is 2.77. The normalized spacial score (nSPS) is 20.2. The van der Waals surface area contributed by atoms with E-state index in [0.717, 1.165) is 18.8 Å². The number of aromatic nitrogens is 2. The third-order valence-corrected chi connectivity index (χ3v) is 4.09. The van der Waals surface area contributed by atoms with Gasteiger partial charge >= 0.3 is 0 Å². The van der Waals surface area contributed by atoms with Crippen LogP contribution in [0.5, 0.6) is 0 Å². The van der Waals surface area contributed by atoms with Gasteiger partial charge in [-0.1, -0.05) is 6.92 Å². The molecular formula is C15H26N4O2. The molecule has 1 aromatic heterocycles. The standard InChI is InChI=1S/C15H26N4O2/c1-12(13-4-3-5-16-9-13)8-15(20)18-14-10-17-19(11-14)6-7-21-2/h10-13,16H,3-9H2,1-2H3,(H,18,20). The van der Waals surface area contributed by atoms with Crippen LogP contribution >= 0.6 is 0 Å². The fraction of sp³-hybridized carbons (Fsp3) is 0.733. The van der Waals surface area contributed by atoms with Gasteiger partial charge in [0.05, 0.1) is 25.0 Å². The number of hydrogen-bond donors (Lipinski definition) is 2. The van der Waals surface area contributed by atoms with E-state index in [9.17, 15) is 4.79 Å². The lowest BCUT2D eigenvalue weighted by Crippen LogP contribution is -2.34. The third kappa shape index (κ3) is 5.13. The fourth-order valence-corrected chi connectivity index (χ4v) is 2.77. The Kier molecular flexibility index (Phi) is 6.20. The summed E-state index contributed by atoms with van der Waals surface area (Å²) >= 11 is 0. The van der Waals surface area contributed by atoms with Gasteiger partial charge in [-0.2, -0.15) is 5.10 Å². The highest BCUT2D eigenvalue weighted by Gasteiger charge is 2.22. The molecule has 0 saturated carbocycles. The number of amides is 1. The summed E-state index contributed by atoms with van der Waals surface area (Å²) in [6.45, 7) is 5.61. The number of anilines is 1. The van der Waals surface area contributed by atoms with E-state index in [1.807, 2.05) is 6.20 Å². The molecule has 2 rings (SSSR count). The Morgan fingerprint density at radius 2 is 2.52 bits per heavy atom. The first-order chi connectivity index (χ1) is 10.2. The number of methoxy groups -OCH3 is 1. The maximum Gasteiger partial charge on any atom is 0.224 e. The first-order valence-electron chi connectivity index (χ1n) is 7.71. The topological polar surface area (TPSA) is 68.2 Å². The number of nitrogens with one attached hydrogen (secondary N) is 2. The number of nitrogens with zero attached hydrogens (tertiary/aromatic N) is 2. The summed E-state index contributed by atoms with van der Waals surface area (Å²) in [5, 5.41) is 10.5. The third-order valence-electron chi connectivity index (χ3n) is 4.09. The Morgan fingerprint density at radius 1 is 1.67 bits per heavy atom. The van der Waals surface area contributed by atoms with Gasteiger partial charge in [0.25, 0.3) is 0 Å². The van der Waals surface area contributed by atoms with Crippen LogP contribution < -0.4 is 10.6 Å². The molecule has 0 aliphatic carbocycles. The van der Waals surface area contributed by atoms with Crippen LogP contribution in [-0.2, 0) is 16.1 Å². The van der Waals surface area contributed by atoms with Crippen LogP contribution in [0.25, 0.3) is 0 Å². The van der Waals surface area contributed by atoms with Crippen LogP contribution in [0.15, 0.2) is 12.4 Å². The minimum Gasteiger partial charge on any atom is -0.383 e. The lowest BCUT2D eigenvalue weighted by atomic mass is 9.85. The van der Waals surface area contributed by atoms with Gasteiger partial charge in [-0.05, 0) is 37.8 Å². The van der Waals surface area contributed by atoms with Crippen molar-refractivity contribution in [3.05, 3.63) is 12.4 Å². The molecule has 0 radical (unpaired) electrons. The molecular weight excluding hydrogens is 268 g/mol. The summed E-state index contributed by atoms with van der Waals surface area (Å²) in [5.74, 6) is 1.08. The van der Waals surface area contributed by atoms with E-state index in [4.69, 9.17) is 4.74 Å². The molecule has 2 atom stereocenters. The molecule has 6 heteroatoms. The van der Waals surface area contributed by atoms with E-state index < -0.39 is 0 Å². The second-order valence-electron chi connectivity index (χ2n) is 5.82. The smallest absolute Gasteiger partial charge is 0.224 e. The average Bonchev–Trinajstić information content (AvgIpc) is 2.93. The van der Waals surface area contributed by atoms with Gasteiger partial charge in [-0.25, -0.2) is 0 Å². The van der Waals surface area contributed by atoms with E-state index in [1.165, 1.54) is 12.8 Å². The molecule has 0 bridgehead atoms. The van der Waals surface area contributed by atoms with Crippen molar-refractivity contribution in [2.75, 3.05) is 32.1 Å². The van der Waals surface area contributed by atoms with Crippen LogP contribution in [0.3, 0.4) is 0 Å². The molecule has 1 fully saturated rings. The zero-order valence-electron chi connectivity index (χ0n) is 13.0. The van der Waals surface area contributed by atoms with Gasteiger partial charge in [0.1, 0.15) is 0 Å². The van der Waals surface area contributed by atoms with Crippen LogP contribution in [0.2, 0.25) is 0 Å². The lowest BCUT2D eigenvalue weighted by molar-refractivity contribution is -0.117. The maximum absolute atomic E-state index is 12.1. The molecule has 6 nitrogen and oxygen atoms in total. The molecule has 2 N–H and O–H groups in total. The van der Waals surface area contributed by atoms with Gasteiger partial charge in [-0.15, -0.1) is 0 Å². The minimum atomic E-state index is 0.0689. The second kappa shape index (κ2) is 8.14. The Hall–Kier alpha value is -1.40. The SMILES string of the molecule is COCCn1cc(NC(=O)CC(C)C2CCCNC2)cn1. The van der Waals surface area contributed by atoms with Gasteiger partial charge in [-0.3, -0.25) is 9.48 Å². The van der Waals surface area contributed by atoms with E-state index in [2.05, 4.69) is 22.7 Å². The summed E-state index contributed by atoms with van der Waals surface area (Å²) < 4.78 is 6.77. The quantitative estimate of drug-likeness (QED) is 0.799. The Balaban J connectivity index is 1.76. The van der Waals surface area contributed by atoms with Crippen molar-refractivity contribution in [2.45, 2.75) is 32.7 Å². The number of rotatable bonds is 7. The van der Waals surface area contributed by atoms with Gasteiger partial charge in [0.2, 0.25) is 5.91 Å². The van der Waals surface area contributed by atoms with E-state index >= 15 is 0 Å². The molecule has 21 heavy (non-hydrogen) atoms. The predicted molar refractivity (Wildman–Crippen MR) is 82.1 cm³/mol. The van der Waals surface area contributed by atoms with Gasteiger partial charge in [0, 0.05) is 19.7 Å². The highest BCUT2D eigenvalue weighted by atomic mass is 16.5. The summed E-state index contributed by atoms with van der Waals surface area (Å²) in [6, 6.07) is 0. The molecule has 0 aromatic carbocycles. The number of carbonyl (C=O) groups excluding carboxylic acids is 1. The molecule has 1 aliphatic rings. The molecule has 1 aromatic rings. The summed E-state index contributed by atoms with van der Waals surface area (Å²) in [5.41, 5.74) is 0.755. The average molecular weight is 294 g/mol. The van der Waals surface area contributed by atoms with Crippen LogP contribution in [0.4, 0.5) is 5.69 Å². The van der Waals surface area contributed by atoms with E-state index in [1.54, 1.807) is 18.0 Å². The van der Waals surface area contributed by atoms with Crippen LogP contribution in [0, 0.1) is 11.8 Å². The molecule has 0 spiro atoms. The van der Waals surface area contributed by atoms with Crippen molar-refractivity contribution < 1.29 is 9.53 Å². The highest BCUT2D eigenvalue weighted by Crippen LogP contribution is 2.22. The number of hydrogen-bond acceptors (Lipinski definition) is 4. The van der Waals surface area contributed by atoms with Crippen molar-refractivity contribution in [3.63, 3.8) is 0 Å². The number of carbonyl (C=O) groups is 1. The van der Waals surface area contributed by atoms with Crippen molar-refractivity contribution in [2.24, 2.45) is 11.8 Å². The maximum atomic E-state index is 12.1. The lowest BCUT2D eigenvalue weighted by Gasteiger charge is -2.27. The Bertz CT molecular complexity index is 441. The van der Waals surface area contributed by atoms with Crippen molar-refractivity contribution >= 4 is 11.6 Å². The Morgan fingerprint density at radius 3 is 3.24 bits per heavy atom. The second-order valence-corrected chi connectivity index (χ2v) is 5.82. The van der Waals surface area contributed by atoms with Crippen molar-refractivity contribution in [1.82, 2.24) is 15.1 Å². The zero-order valence-corrected chi connectivity index (χ0v) is 13.0. The summed E-state index contributed by atoms with van der Waals surface area (Å²) in [6.07, 6.45) is 6.51. The van der Waals surface area contributed by atoms with E-state index in [-0.39, 0.29) is 5.91 Å². The molecule has 2 heterocycles. The first-order valence-corrected chi connectivity index (χ1v) is 7.71. The largest absolute Gasteiger partial charge is 0.383 e. The van der Waals surface area contributed by atoms with Gasteiger partial charge in [0.15, 0.2) is 0 Å². The van der Waals surface area contributed by atoms with Gasteiger partial charge < -0.3 is 15.4 Å².